The third kappa shape index (κ3) is 4.02. The van der Waals surface area contributed by atoms with Crippen LogP contribution in [0.15, 0.2) is 76.0 Å². The summed E-state index contributed by atoms with van der Waals surface area (Å²) in [7, 11) is 1.57. The summed E-state index contributed by atoms with van der Waals surface area (Å²) in [4.78, 5) is 21.2. The Balaban J connectivity index is 1.62. The van der Waals surface area contributed by atoms with E-state index in [1.165, 1.54) is 0 Å². The van der Waals surface area contributed by atoms with Crippen LogP contribution in [0.2, 0.25) is 0 Å². The molecule has 2 aromatic heterocycles. The van der Waals surface area contributed by atoms with E-state index >= 15 is 0 Å². The van der Waals surface area contributed by atoms with Gasteiger partial charge in [-0.1, -0.05) is 17.3 Å². The van der Waals surface area contributed by atoms with Gasteiger partial charge in [0.15, 0.2) is 0 Å². The summed E-state index contributed by atoms with van der Waals surface area (Å²) in [5, 5.41) is 6.93. The van der Waals surface area contributed by atoms with Crippen molar-refractivity contribution in [3.05, 3.63) is 77.0 Å². The maximum absolute atomic E-state index is 12.7. The van der Waals surface area contributed by atoms with E-state index in [-0.39, 0.29) is 5.91 Å². The summed E-state index contributed by atoms with van der Waals surface area (Å²) in [5.41, 5.74) is 2.46. The lowest BCUT2D eigenvalue weighted by Gasteiger charge is -2.10. The first kappa shape index (κ1) is 18.8. The molecule has 0 radical (unpaired) electrons. The molecule has 4 rings (SSSR count). The van der Waals surface area contributed by atoms with Gasteiger partial charge in [0.1, 0.15) is 5.75 Å². The minimum absolute atomic E-state index is 0.269. The zero-order chi connectivity index (χ0) is 20.2. The first-order valence-corrected chi connectivity index (χ1v) is 9.43. The van der Waals surface area contributed by atoms with Gasteiger partial charge in [0.2, 0.25) is 5.82 Å². The molecule has 0 saturated carbocycles. The molecule has 0 aliphatic rings. The number of hydrogen-bond donors (Lipinski definition) is 1. The fraction of sp³-hybridized carbons (Fsp3) is 0.0476. The number of benzene rings is 2. The number of carbonyl (C=O) groups excluding carboxylic acids is 1. The van der Waals surface area contributed by atoms with E-state index in [2.05, 4.69) is 36.4 Å². The largest absolute Gasteiger partial charge is 0.496 e. The van der Waals surface area contributed by atoms with Gasteiger partial charge in [-0.3, -0.25) is 9.78 Å². The zero-order valence-corrected chi connectivity index (χ0v) is 16.9. The summed E-state index contributed by atoms with van der Waals surface area (Å²) in [6.07, 6.45) is 3.32. The fourth-order valence-electron chi connectivity index (χ4n) is 2.73. The van der Waals surface area contributed by atoms with E-state index < -0.39 is 0 Å². The van der Waals surface area contributed by atoms with Crippen LogP contribution in [0.4, 0.5) is 5.69 Å². The first-order chi connectivity index (χ1) is 14.2. The van der Waals surface area contributed by atoms with Gasteiger partial charge < -0.3 is 14.6 Å². The van der Waals surface area contributed by atoms with Crippen LogP contribution in [0.25, 0.3) is 22.8 Å². The number of nitrogens with zero attached hydrogens (tertiary/aromatic N) is 3. The maximum atomic E-state index is 12.7. The van der Waals surface area contributed by atoms with Crippen LogP contribution < -0.4 is 10.1 Å². The maximum Gasteiger partial charge on any atom is 0.260 e. The molecule has 0 saturated heterocycles. The second-order valence-corrected chi connectivity index (χ2v) is 6.86. The van der Waals surface area contributed by atoms with E-state index in [0.29, 0.717) is 38.8 Å². The van der Waals surface area contributed by atoms with E-state index in [1.807, 2.05) is 18.2 Å². The van der Waals surface area contributed by atoms with E-state index in [4.69, 9.17) is 9.26 Å². The molecule has 144 valence electrons. The average molecular weight is 451 g/mol. The van der Waals surface area contributed by atoms with Crippen LogP contribution >= 0.6 is 15.9 Å². The highest BCUT2D eigenvalue weighted by atomic mass is 79.9. The third-order valence-electron chi connectivity index (χ3n) is 4.18. The van der Waals surface area contributed by atoms with Gasteiger partial charge in [-0.15, -0.1) is 0 Å². The minimum Gasteiger partial charge on any atom is -0.496 e. The Hall–Kier alpha value is -3.52. The second-order valence-electron chi connectivity index (χ2n) is 6.01. The number of methoxy groups -OCH3 is 1. The molecule has 0 aliphatic carbocycles. The van der Waals surface area contributed by atoms with Crippen molar-refractivity contribution in [2.24, 2.45) is 0 Å². The van der Waals surface area contributed by atoms with Gasteiger partial charge in [-0.25, -0.2) is 0 Å². The lowest BCUT2D eigenvalue weighted by molar-refractivity contribution is 0.102. The quantitative estimate of drug-likeness (QED) is 0.468. The first-order valence-electron chi connectivity index (χ1n) is 8.64. The number of pyridine rings is 1. The molecule has 2 heterocycles. The topological polar surface area (TPSA) is 90.1 Å². The predicted octanol–water partition coefficient (Wildman–Crippen LogP) is 4.82. The van der Waals surface area contributed by atoms with Gasteiger partial charge in [-0.05, 0) is 58.4 Å². The summed E-state index contributed by atoms with van der Waals surface area (Å²) >= 11 is 3.39. The monoisotopic (exact) mass is 450 g/mol. The van der Waals surface area contributed by atoms with Crippen LogP contribution in [0, 0.1) is 0 Å². The van der Waals surface area contributed by atoms with Crippen molar-refractivity contribution in [2.45, 2.75) is 0 Å². The van der Waals surface area contributed by atoms with Crippen molar-refractivity contribution in [3.63, 3.8) is 0 Å². The normalized spacial score (nSPS) is 10.6. The highest BCUT2D eigenvalue weighted by Crippen LogP contribution is 2.30. The molecule has 0 atom stereocenters. The number of para-hydroxylation sites is 1. The number of halogens is 1. The number of anilines is 1. The number of amides is 1. The molecule has 8 heteroatoms. The van der Waals surface area contributed by atoms with Crippen LogP contribution in [-0.4, -0.2) is 28.1 Å². The number of rotatable bonds is 5. The van der Waals surface area contributed by atoms with Gasteiger partial charge in [-0.2, -0.15) is 4.98 Å². The fourth-order valence-corrected chi connectivity index (χ4v) is 3.27. The van der Waals surface area contributed by atoms with Crippen LogP contribution in [-0.2, 0) is 0 Å². The van der Waals surface area contributed by atoms with Crippen molar-refractivity contribution >= 4 is 27.5 Å². The van der Waals surface area contributed by atoms with Gasteiger partial charge in [0.05, 0.1) is 22.8 Å². The van der Waals surface area contributed by atoms with Crippen LogP contribution in [0.1, 0.15) is 10.4 Å². The van der Waals surface area contributed by atoms with Gasteiger partial charge >= 0.3 is 0 Å². The Labute approximate surface area is 174 Å². The Morgan fingerprint density at radius 1 is 1.10 bits per heavy atom. The number of aromatic nitrogens is 3. The van der Waals surface area contributed by atoms with Crippen LogP contribution in [0.5, 0.6) is 5.75 Å². The van der Waals surface area contributed by atoms with Crippen molar-refractivity contribution in [3.8, 4) is 28.6 Å². The Morgan fingerprint density at radius 3 is 2.66 bits per heavy atom. The molecule has 0 spiro atoms. The molecule has 7 nitrogen and oxygen atoms in total. The summed E-state index contributed by atoms with van der Waals surface area (Å²) in [6, 6.07) is 16.0. The number of hydrogen-bond acceptors (Lipinski definition) is 6. The molecule has 4 aromatic rings. The Bertz CT molecular complexity index is 1160. The lowest BCUT2D eigenvalue weighted by atomic mass is 10.1. The number of nitrogens with one attached hydrogen (secondary N) is 1. The summed E-state index contributed by atoms with van der Waals surface area (Å²) < 4.78 is 11.3. The SMILES string of the molecule is COc1ccc(C(=O)Nc2ccccc2-c2nc(-c3ccncc3)no2)cc1Br. The molecule has 0 bridgehead atoms. The molecule has 0 unspecified atom stereocenters. The van der Waals surface area contributed by atoms with E-state index in [9.17, 15) is 4.79 Å². The molecule has 0 aliphatic heterocycles. The predicted molar refractivity (Wildman–Crippen MR) is 112 cm³/mol. The minimum atomic E-state index is -0.269. The third-order valence-corrected chi connectivity index (χ3v) is 4.80. The highest BCUT2D eigenvalue weighted by molar-refractivity contribution is 9.10. The molecule has 1 amide bonds. The second kappa shape index (κ2) is 8.24. The van der Waals surface area contributed by atoms with Gasteiger partial charge in [0, 0.05) is 23.5 Å². The smallest absolute Gasteiger partial charge is 0.260 e. The average Bonchev–Trinajstić information content (AvgIpc) is 3.25. The van der Waals surface area contributed by atoms with E-state index in [1.54, 1.807) is 55.9 Å². The molecule has 0 fully saturated rings. The zero-order valence-electron chi connectivity index (χ0n) is 15.3. The van der Waals surface area contributed by atoms with E-state index in [0.717, 1.165) is 5.56 Å². The number of ether oxygens (including phenoxy) is 1. The Morgan fingerprint density at radius 2 is 1.90 bits per heavy atom. The molecule has 29 heavy (non-hydrogen) atoms. The molecule has 1 N–H and O–H groups in total. The van der Waals surface area contributed by atoms with Crippen molar-refractivity contribution in [2.75, 3.05) is 12.4 Å². The lowest BCUT2D eigenvalue weighted by Crippen LogP contribution is -2.12. The van der Waals surface area contributed by atoms with Gasteiger partial charge in [0.25, 0.3) is 11.8 Å². The highest BCUT2D eigenvalue weighted by Gasteiger charge is 2.16. The van der Waals surface area contributed by atoms with Crippen molar-refractivity contribution in [1.82, 2.24) is 15.1 Å². The Kier molecular flexibility index (Phi) is 5.35. The molecular formula is C21H15BrN4O3. The number of carbonyl (C=O) groups is 1. The summed E-state index contributed by atoms with van der Waals surface area (Å²) in [5.74, 6) is 1.14. The molecule has 2 aromatic carbocycles. The van der Waals surface area contributed by atoms with Crippen molar-refractivity contribution in [1.29, 1.82) is 0 Å². The standard InChI is InChI=1S/C21H15BrN4O3/c1-28-18-7-6-14(12-16(18)22)20(27)24-17-5-3-2-4-15(17)21-25-19(26-29-21)13-8-10-23-11-9-13/h2-12H,1H3,(H,24,27). The van der Waals surface area contributed by atoms with Crippen LogP contribution in [0.3, 0.4) is 0 Å². The summed E-state index contributed by atoms with van der Waals surface area (Å²) in [6.45, 7) is 0. The molecular weight excluding hydrogens is 436 g/mol. The van der Waals surface area contributed by atoms with Crippen molar-refractivity contribution < 1.29 is 14.1 Å².